The highest BCUT2D eigenvalue weighted by Crippen LogP contribution is 2.20. The van der Waals surface area contributed by atoms with Gasteiger partial charge in [-0.3, -0.25) is 9.36 Å². The predicted octanol–water partition coefficient (Wildman–Crippen LogP) is 2.02. The molecule has 0 bridgehead atoms. The zero-order valence-corrected chi connectivity index (χ0v) is 13.0. The van der Waals surface area contributed by atoms with Crippen molar-refractivity contribution in [2.45, 2.75) is 26.8 Å². The van der Waals surface area contributed by atoms with E-state index in [2.05, 4.69) is 5.10 Å². The second-order valence-electron chi connectivity index (χ2n) is 5.06. The molecule has 3 rings (SSSR count). The van der Waals surface area contributed by atoms with Gasteiger partial charge in [0.05, 0.1) is 5.69 Å². The topological polar surface area (TPSA) is 61.3 Å². The normalized spacial score (nSPS) is 11.2. The summed E-state index contributed by atoms with van der Waals surface area (Å²) in [6.45, 7) is 4.27. The summed E-state index contributed by atoms with van der Waals surface area (Å²) in [5, 5.41) is 4.72. The highest BCUT2D eigenvalue weighted by molar-refractivity contribution is 6.31. The smallest absolute Gasteiger partial charge is 0.279 e. The van der Waals surface area contributed by atoms with Crippen molar-refractivity contribution in [3.05, 3.63) is 62.0 Å². The molecule has 0 radical (unpaired) electrons. The lowest BCUT2D eigenvalue weighted by molar-refractivity contribution is 0.582. The van der Waals surface area contributed by atoms with Crippen LogP contribution in [0.15, 0.2) is 40.2 Å². The van der Waals surface area contributed by atoms with E-state index in [1.807, 2.05) is 13.8 Å². The number of halogens is 1. The lowest BCUT2D eigenvalue weighted by Crippen LogP contribution is -2.24. The zero-order valence-electron chi connectivity index (χ0n) is 12.3. The zero-order chi connectivity index (χ0) is 15.9. The summed E-state index contributed by atoms with van der Waals surface area (Å²) in [4.78, 5) is 24.8. The van der Waals surface area contributed by atoms with Gasteiger partial charge in [-0.25, -0.2) is 13.9 Å². The van der Waals surface area contributed by atoms with Crippen molar-refractivity contribution in [3.63, 3.8) is 0 Å². The SMILES string of the molecule is CCCn1nc2c(=O)n(-c3cccc(Cl)c3C)ccn2c1=O. The third-order valence-electron chi connectivity index (χ3n) is 3.58. The van der Waals surface area contributed by atoms with Crippen LogP contribution in [0.25, 0.3) is 11.3 Å². The van der Waals surface area contributed by atoms with E-state index < -0.39 is 0 Å². The molecule has 0 amide bonds. The second kappa shape index (κ2) is 5.46. The maximum atomic E-state index is 12.6. The van der Waals surface area contributed by atoms with Crippen LogP contribution in [-0.2, 0) is 6.54 Å². The van der Waals surface area contributed by atoms with Crippen LogP contribution in [0.2, 0.25) is 5.02 Å². The van der Waals surface area contributed by atoms with Crippen LogP contribution in [0.1, 0.15) is 18.9 Å². The van der Waals surface area contributed by atoms with Crippen LogP contribution in [0.3, 0.4) is 0 Å². The Morgan fingerprint density at radius 2 is 2.00 bits per heavy atom. The van der Waals surface area contributed by atoms with Gasteiger partial charge in [0.1, 0.15) is 0 Å². The Balaban J connectivity index is 2.29. The second-order valence-corrected chi connectivity index (χ2v) is 5.46. The van der Waals surface area contributed by atoms with E-state index >= 15 is 0 Å². The van der Waals surface area contributed by atoms with Crippen molar-refractivity contribution in [1.29, 1.82) is 0 Å². The molecule has 6 nitrogen and oxygen atoms in total. The molecule has 0 atom stereocenters. The van der Waals surface area contributed by atoms with Crippen LogP contribution in [0.4, 0.5) is 0 Å². The van der Waals surface area contributed by atoms with E-state index in [1.165, 1.54) is 13.6 Å². The fourth-order valence-corrected chi connectivity index (χ4v) is 2.58. The molecule has 114 valence electrons. The van der Waals surface area contributed by atoms with Crippen molar-refractivity contribution in [2.75, 3.05) is 0 Å². The van der Waals surface area contributed by atoms with Crippen LogP contribution >= 0.6 is 11.6 Å². The van der Waals surface area contributed by atoms with Gasteiger partial charge in [0.15, 0.2) is 0 Å². The molecule has 0 aliphatic carbocycles. The minimum Gasteiger partial charge on any atom is -0.279 e. The molecule has 0 fully saturated rings. The first-order valence-electron chi connectivity index (χ1n) is 7.01. The molecular formula is C15H15ClN4O2. The number of hydrogen-bond donors (Lipinski definition) is 0. The largest absolute Gasteiger partial charge is 0.350 e. The van der Waals surface area contributed by atoms with E-state index in [1.54, 1.807) is 30.6 Å². The van der Waals surface area contributed by atoms with Gasteiger partial charge in [-0.15, -0.1) is 5.10 Å². The highest BCUT2D eigenvalue weighted by Gasteiger charge is 2.13. The van der Waals surface area contributed by atoms with E-state index in [9.17, 15) is 9.59 Å². The maximum Gasteiger partial charge on any atom is 0.350 e. The Bertz CT molecular complexity index is 968. The van der Waals surface area contributed by atoms with Crippen LogP contribution < -0.4 is 11.2 Å². The molecule has 7 heteroatoms. The standard InChI is InChI=1S/C15H15ClN4O2/c1-3-7-20-15(22)19-9-8-18(14(21)13(19)17-20)12-6-4-5-11(16)10(12)2/h4-6,8-9H,3,7H2,1-2H3. The molecular weight excluding hydrogens is 304 g/mol. The third kappa shape index (κ3) is 2.16. The van der Waals surface area contributed by atoms with Crippen LogP contribution in [-0.4, -0.2) is 18.7 Å². The fraction of sp³-hybridized carbons (Fsp3) is 0.267. The first-order valence-corrected chi connectivity index (χ1v) is 7.38. The van der Waals surface area contributed by atoms with Gasteiger partial charge in [-0.05, 0) is 31.0 Å². The van der Waals surface area contributed by atoms with Gasteiger partial charge < -0.3 is 0 Å². The maximum absolute atomic E-state index is 12.6. The monoisotopic (exact) mass is 318 g/mol. The van der Waals surface area contributed by atoms with Gasteiger partial charge in [0.25, 0.3) is 0 Å². The molecule has 0 unspecified atom stereocenters. The molecule has 0 saturated carbocycles. The molecule has 0 aliphatic rings. The van der Waals surface area contributed by atoms with Crippen molar-refractivity contribution in [2.24, 2.45) is 0 Å². The first-order chi connectivity index (χ1) is 10.5. The number of aromatic nitrogens is 4. The Labute approximate surface area is 131 Å². The molecule has 1 aromatic carbocycles. The minimum atomic E-state index is -0.347. The Morgan fingerprint density at radius 3 is 2.73 bits per heavy atom. The summed E-state index contributed by atoms with van der Waals surface area (Å²) in [6.07, 6.45) is 3.89. The van der Waals surface area contributed by atoms with Gasteiger partial charge in [-0.1, -0.05) is 24.6 Å². The van der Waals surface area contributed by atoms with Crippen molar-refractivity contribution in [3.8, 4) is 5.69 Å². The predicted molar refractivity (Wildman–Crippen MR) is 85.1 cm³/mol. The van der Waals surface area contributed by atoms with Crippen molar-refractivity contribution >= 4 is 17.2 Å². The number of hydrogen-bond acceptors (Lipinski definition) is 3. The summed E-state index contributed by atoms with van der Waals surface area (Å²) in [5.74, 6) is 0. The van der Waals surface area contributed by atoms with Crippen molar-refractivity contribution < 1.29 is 0 Å². The number of aryl methyl sites for hydroxylation is 1. The summed E-state index contributed by atoms with van der Waals surface area (Å²) in [5.41, 5.74) is 0.938. The average Bonchev–Trinajstić information content (AvgIpc) is 2.81. The lowest BCUT2D eigenvalue weighted by atomic mass is 10.2. The van der Waals surface area contributed by atoms with E-state index in [0.717, 1.165) is 12.0 Å². The van der Waals surface area contributed by atoms with Gasteiger partial charge >= 0.3 is 11.2 Å². The first kappa shape index (κ1) is 14.6. The van der Waals surface area contributed by atoms with Gasteiger partial charge in [0.2, 0.25) is 5.65 Å². The molecule has 0 aliphatic heterocycles. The molecule has 2 aromatic heterocycles. The minimum absolute atomic E-state index is 0.111. The highest BCUT2D eigenvalue weighted by atomic mass is 35.5. The fourth-order valence-electron chi connectivity index (χ4n) is 2.41. The van der Waals surface area contributed by atoms with E-state index in [0.29, 0.717) is 17.3 Å². The van der Waals surface area contributed by atoms with E-state index in [-0.39, 0.29) is 16.9 Å². The summed E-state index contributed by atoms with van der Waals surface area (Å²) in [7, 11) is 0. The molecule has 3 aromatic rings. The summed E-state index contributed by atoms with van der Waals surface area (Å²) < 4.78 is 4.04. The summed E-state index contributed by atoms with van der Waals surface area (Å²) in [6, 6.07) is 5.36. The lowest BCUT2D eigenvalue weighted by Gasteiger charge is -2.09. The molecule has 2 heterocycles. The summed E-state index contributed by atoms with van der Waals surface area (Å²) >= 11 is 6.11. The average molecular weight is 319 g/mol. The quantitative estimate of drug-likeness (QED) is 0.742. The number of nitrogens with zero attached hydrogens (tertiary/aromatic N) is 4. The number of benzene rings is 1. The number of rotatable bonds is 3. The molecule has 0 saturated heterocycles. The molecule has 0 N–H and O–H groups in total. The molecule has 0 spiro atoms. The van der Waals surface area contributed by atoms with E-state index in [4.69, 9.17) is 11.6 Å². The van der Waals surface area contributed by atoms with Crippen LogP contribution in [0.5, 0.6) is 0 Å². The Hall–Kier alpha value is -2.34. The van der Waals surface area contributed by atoms with Gasteiger partial charge in [0, 0.05) is 24.0 Å². The van der Waals surface area contributed by atoms with Crippen LogP contribution in [0, 0.1) is 6.92 Å². The third-order valence-corrected chi connectivity index (χ3v) is 3.99. The Kier molecular flexibility index (Phi) is 3.62. The molecule has 22 heavy (non-hydrogen) atoms. The Morgan fingerprint density at radius 1 is 1.23 bits per heavy atom. The van der Waals surface area contributed by atoms with Gasteiger partial charge in [-0.2, -0.15) is 0 Å². The number of fused-ring (bicyclic) bond motifs is 1. The van der Waals surface area contributed by atoms with Crippen molar-refractivity contribution in [1.82, 2.24) is 18.7 Å².